The van der Waals surface area contributed by atoms with Gasteiger partial charge in [-0.3, -0.25) is 0 Å². The van der Waals surface area contributed by atoms with E-state index >= 15 is 0 Å². The van der Waals surface area contributed by atoms with Gasteiger partial charge in [-0.2, -0.15) is 11.3 Å². The van der Waals surface area contributed by atoms with Crippen molar-refractivity contribution < 1.29 is 0 Å². The Kier molecular flexibility index (Phi) is 2.03. The van der Waals surface area contributed by atoms with Crippen LogP contribution in [0.4, 0.5) is 0 Å². The molecule has 2 heteroatoms. The third-order valence-electron chi connectivity index (χ3n) is 3.43. The molecule has 4 aromatic rings. The van der Waals surface area contributed by atoms with Crippen LogP contribution in [0.5, 0.6) is 0 Å². The van der Waals surface area contributed by atoms with Crippen LogP contribution in [0.2, 0.25) is 0 Å². The molecule has 0 N–H and O–H groups in total. The van der Waals surface area contributed by atoms with Crippen LogP contribution in [0.15, 0.2) is 54.6 Å². The summed E-state index contributed by atoms with van der Waals surface area (Å²) >= 11 is 1.67. The summed E-state index contributed by atoms with van der Waals surface area (Å²) in [7, 11) is 5.99. The van der Waals surface area contributed by atoms with E-state index in [0.717, 1.165) is 4.78 Å². The third kappa shape index (κ3) is 1.27. The van der Waals surface area contributed by atoms with E-state index in [-0.39, 0.29) is 0 Å². The lowest BCUT2D eigenvalue weighted by Gasteiger charge is -2.06. The minimum absolute atomic E-state index is 0.881. The monoisotopic (exact) mass is 244 g/mol. The summed E-state index contributed by atoms with van der Waals surface area (Å²) < 4.78 is 2.17. The fourth-order valence-electron chi connectivity index (χ4n) is 2.68. The Morgan fingerprint density at radius 1 is 0.667 bits per heavy atom. The minimum Gasteiger partial charge on any atom is -0.151 e. The first-order valence-corrected chi connectivity index (χ1v) is 6.75. The lowest BCUT2D eigenvalue weighted by Crippen LogP contribution is -1.88. The molecule has 0 amide bonds. The van der Waals surface area contributed by atoms with Gasteiger partial charge in [0, 0.05) is 15.5 Å². The zero-order chi connectivity index (χ0) is 12.1. The van der Waals surface area contributed by atoms with Crippen LogP contribution in [0, 0.1) is 0 Å². The Labute approximate surface area is 110 Å². The Balaban J connectivity index is 2.45. The van der Waals surface area contributed by atoms with Gasteiger partial charge in [0.2, 0.25) is 0 Å². The molecule has 4 rings (SSSR count). The maximum Gasteiger partial charge on any atom is 0.128 e. The molecule has 0 saturated carbocycles. The predicted molar refractivity (Wildman–Crippen MR) is 82.2 cm³/mol. The fraction of sp³-hybridized carbons (Fsp3) is 0. The minimum atomic E-state index is 0.881. The summed E-state index contributed by atoms with van der Waals surface area (Å²) in [5.41, 5.74) is 0. The molecular weight excluding hydrogens is 235 g/mol. The van der Waals surface area contributed by atoms with Crippen molar-refractivity contribution >= 4 is 55.6 Å². The first kappa shape index (κ1) is 10.2. The first-order chi connectivity index (χ1) is 8.84. The van der Waals surface area contributed by atoms with Gasteiger partial charge in [0.25, 0.3) is 0 Å². The molecule has 2 radical (unpaired) electrons. The number of hydrogen-bond acceptors (Lipinski definition) is 1. The highest BCUT2D eigenvalue weighted by atomic mass is 32.1. The molecular formula is C16H9BS. The van der Waals surface area contributed by atoms with Crippen LogP contribution in [-0.2, 0) is 0 Å². The Bertz CT molecular complexity index is 817. The highest BCUT2D eigenvalue weighted by molar-refractivity contribution is 7.27. The SMILES string of the molecule is [B]c1cc2c3ccccc3c3ccccc3c2s1. The number of fused-ring (bicyclic) bond motifs is 6. The molecule has 0 unspecified atom stereocenters. The van der Waals surface area contributed by atoms with E-state index in [2.05, 4.69) is 54.6 Å². The van der Waals surface area contributed by atoms with E-state index < -0.39 is 0 Å². The van der Waals surface area contributed by atoms with E-state index in [1.165, 1.54) is 31.6 Å². The van der Waals surface area contributed by atoms with E-state index in [9.17, 15) is 0 Å². The fourth-order valence-corrected chi connectivity index (χ4v) is 3.66. The van der Waals surface area contributed by atoms with E-state index in [0.29, 0.717) is 0 Å². The average Bonchev–Trinajstić information content (AvgIpc) is 2.81. The molecule has 0 nitrogen and oxygen atoms in total. The van der Waals surface area contributed by atoms with Crippen LogP contribution in [0.1, 0.15) is 0 Å². The number of thiophene rings is 1. The predicted octanol–water partition coefficient (Wildman–Crippen LogP) is 4.00. The summed E-state index contributed by atoms with van der Waals surface area (Å²) in [6.45, 7) is 0. The van der Waals surface area contributed by atoms with Crippen LogP contribution >= 0.6 is 11.3 Å². The van der Waals surface area contributed by atoms with Gasteiger partial charge in [0.05, 0.1) is 0 Å². The summed E-state index contributed by atoms with van der Waals surface area (Å²) in [6.07, 6.45) is 0. The number of rotatable bonds is 0. The van der Waals surface area contributed by atoms with Gasteiger partial charge in [-0.25, -0.2) is 0 Å². The highest BCUT2D eigenvalue weighted by Crippen LogP contribution is 2.36. The molecule has 82 valence electrons. The van der Waals surface area contributed by atoms with Crippen molar-refractivity contribution in [1.82, 2.24) is 0 Å². The van der Waals surface area contributed by atoms with Crippen molar-refractivity contribution in [3.8, 4) is 0 Å². The summed E-state index contributed by atoms with van der Waals surface area (Å²) in [5, 5.41) is 6.47. The van der Waals surface area contributed by atoms with Crippen LogP contribution < -0.4 is 4.78 Å². The van der Waals surface area contributed by atoms with Crippen molar-refractivity contribution in [1.29, 1.82) is 0 Å². The number of benzene rings is 3. The highest BCUT2D eigenvalue weighted by Gasteiger charge is 2.09. The molecule has 0 spiro atoms. The lowest BCUT2D eigenvalue weighted by atomic mass is 9.98. The van der Waals surface area contributed by atoms with Gasteiger partial charge in [0.1, 0.15) is 7.85 Å². The van der Waals surface area contributed by atoms with Crippen LogP contribution in [0.3, 0.4) is 0 Å². The van der Waals surface area contributed by atoms with Crippen LogP contribution in [0.25, 0.3) is 31.6 Å². The quantitative estimate of drug-likeness (QED) is 0.324. The summed E-state index contributed by atoms with van der Waals surface area (Å²) in [5.74, 6) is 0. The zero-order valence-electron chi connectivity index (χ0n) is 9.68. The molecule has 0 atom stereocenters. The van der Waals surface area contributed by atoms with Gasteiger partial charge in [-0.15, -0.1) is 0 Å². The molecule has 0 bridgehead atoms. The van der Waals surface area contributed by atoms with Gasteiger partial charge < -0.3 is 0 Å². The molecule has 18 heavy (non-hydrogen) atoms. The van der Waals surface area contributed by atoms with Crippen molar-refractivity contribution in [2.45, 2.75) is 0 Å². The normalized spacial score (nSPS) is 11.6. The standard InChI is InChI=1S/C16H9BS/c17-15-9-14-12-7-2-1-5-10(12)11-6-3-4-8-13(11)16(14)18-15/h1-9H. The van der Waals surface area contributed by atoms with Gasteiger partial charge in [-0.1, -0.05) is 54.6 Å². The van der Waals surface area contributed by atoms with E-state index in [4.69, 9.17) is 7.85 Å². The molecule has 0 aliphatic rings. The maximum absolute atomic E-state index is 5.99. The summed E-state index contributed by atoms with van der Waals surface area (Å²) in [6, 6.07) is 19.2. The molecule has 0 aliphatic heterocycles. The first-order valence-electron chi connectivity index (χ1n) is 5.93. The molecule has 1 aromatic heterocycles. The topological polar surface area (TPSA) is 0 Å². The Morgan fingerprint density at radius 2 is 1.17 bits per heavy atom. The maximum atomic E-state index is 5.99. The second-order valence-electron chi connectivity index (χ2n) is 4.48. The van der Waals surface area contributed by atoms with Crippen LogP contribution in [-0.4, -0.2) is 7.85 Å². The molecule has 1 heterocycles. The second-order valence-corrected chi connectivity index (χ2v) is 5.57. The Morgan fingerprint density at radius 3 is 1.83 bits per heavy atom. The zero-order valence-corrected chi connectivity index (χ0v) is 10.5. The smallest absolute Gasteiger partial charge is 0.128 e. The van der Waals surface area contributed by atoms with Gasteiger partial charge >= 0.3 is 0 Å². The van der Waals surface area contributed by atoms with Crippen molar-refractivity contribution in [2.24, 2.45) is 0 Å². The molecule has 0 saturated heterocycles. The molecule has 0 aliphatic carbocycles. The van der Waals surface area contributed by atoms with Crippen molar-refractivity contribution in [3.05, 3.63) is 54.6 Å². The summed E-state index contributed by atoms with van der Waals surface area (Å²) in [4.78, 5) is 0. The van der Waals surface area contributed by atoms with Gasteiger partial charge in [0.15, 0.2) is 0 Å². The van der Waals surface area contributed by atoms with E-state index in [1.807, 2.05) is 0 Å². The Hall–Kier alpha value is -1.80. The van der Waals surface area contributed by atoms with Crippen molar-refractivity contribution in [3.63, 3.8) is 0 Å². The molecule has 0 fully saturated rings. The number of hydrogen-bond donors (Lipinski definition) is 0. The van der Waals surface area contributed by atoms with Gasteiger partial charge in [-0.05, 0) is 20.9 Å². The largest absolute Gasteiger partial charge is 0.151 e. The van der Waals surface area contributed by atoms with Crippen molar-refractivity contribution in [2.75, 3.05) is 0 Å². The van der Waals surface area contributed by atoms with E-state index in [1.54, 1.807) is 11.3 Å². The second kappa shape index (κ2) is 3.60. The third-order valence-corrected chi connectivity index (χ3v) is 4.43. The molecule has 3 aromatic carbocycles. The lowest BCUT2D eigenvalue weighted by molar-refractivity contribution is 1.81. The average molecular weight is 244 g/mol.